The fourth-order valence-corrected chi connectivity index (χ4v) is 5.69. The van der Waals surface area contributed by atoms with E-state index in [0.29, 0.717) is 40.3 Å². The summed E-state index contributed by atoms with van der Waals surface area (Å²) in [5.41, 5.74) is 3.70. The number of nitrogens with zero attached hydrogens (tertiary/aromatic N) is 6. The molecule has 10 nitrogen and oxygen atoms in total. The lowest BCUT2D eigenvalue weighted by Gasteiger charge is -2.57. The van der Waals surface area contributed by atoms with Crippen LogP contribution in [0.5, 0.6) is 0 Å². The first-order valence-electron chi connectivity index (χ1n) is 13.1. The van der Waals surface area contributed by atoms with Crippen molar-refractivity contribution in [3.8, 4) is 0 Å². The highest BCUT2D eigenvalue weighted by Gasteiger charge is 2.54. The molecular formula is C29H28N8O2. The van der Waals surface area contributed by atoms with Crippen molar-refractivity contribution in [2.75, 3.05) is 10.6 Å². The van der Waals surface area contributed by atoms with Gasteiger partial charge in [-0.25, -0.2) is 0 Å². The number of aromatic nitrogens is 6. The maximum absolute atomic E-state index is 12.2. The van der Waals surface area contributed by atoms with E-state index in [1.165, 1.54) is 0 Å². The Hall–Kier alpha value is -4.60. The molecule has 0 aromatic carbocycles. The van der Waals surface area contributed by atoms with E-state index >= 15 is 0 Å². The molecule has 2 N–H and O–H groups in total. The van der Waals surface area contributed by atoms with Crippen LogP contribution < -0.4 is 10.6 Å². The lowest BCUT2D eigenvalue weighted by molar-refractivity contribution is -0.116. The summed E-state index contributed by atoms with van der Waals surface area (Å²) in [6.07, 6.45) is 8.07. The number of carbonyl (C=O) groups excluding carboxylic acids is 2. The minimum absolute atomic E-state index is 0.165. The maximum atomic E-state index is 12.2. The summed E-state index contributed by atoms with van der Waals surface area (Å²) in [6.45, 7) is 0. The Morgan fingerprint density at radius 2 is 1.10 bits per heavy atom. The Morgan fingerprint density at radius 1 is 0.641 bits per heavy atom. The SMILES string of the molecule is O=C(Cc1ccccn1)Nc1ccc(C2CC3(C2)CC(c2ccc(NC(=O)Cc4ccccn4)nn2)C3)nn1. The van der Waals surface area contributed by atoms with Crippen molar-refractivity contribution in [1.82, 2.24) is 30.4 Å². The zero-order valence-corrected chi connectivity index (χ0v) is 21.3. The van der Waals surface area contributed by atoms with Crippen LogP contribution in [-0.2, 0) is 22.4 Å². The van der Waals surface area contributed by atoms with Crippen molar-refractivity contribution in [2.24, 2.45) is 5.41 Å². The minimum Gasteiger partial charge on any atom is -0.309 e. The van der Waals surface area contributed by atoms with Crippen LogP contribution in [-0.4, -0.2) is 42.2 Å². The molecule has 4 aromatic rings. The smallest absolute Gasteiger partial charge is 0.231 e. The highest BCUT2D eigenvalue weighted by molar-refractivity contribution is 5.91. The number of hydrogen-bond donors (Lipinski definition) is 2. The van der Waals surface area contributed by atoms with Crippen LogP contribution >= 0.6 is 0 Å². The summed E-state index contributed by atoms with van der Waals surface area (Å²) >= 11 is 0. The standard InChI is InChI=1S/C29H28N8O2/c38-27(13-21-5-1-3-11-30-21)32-25-9-7-23(34-36-25)19-15-29(16-19)17-20(18-29)24-8-10-26(37-35-24)33-28(39)14-22-6-2-4-12-31-22/h1-12,19-20H,13-18H2,(H,32,36,38)(H,33,37,39). The van der Waals surface area contributed by atoms with Gasteiger partial charge in [-0.1, -0.05) is 12.1 Å². The van der Waals surface area contributed by atoms with E-state index < -0.39 is 0 Å². The summed E-state index contributed by atoms with van der Waals surface area (Å²) in [7, 11) is 0. The molecule has 6 rings (SSSR count). The van der Waals surface area contributed by atoms with Crippen molar-refractivity contribution < 1.29 is 9.59 Å². The Bertz CT molecular complexity index is 1320. The van der Waals surface area contributed by atoms with Gasteiger partial charge in [0, 0.05) is 35.6 Å². The average molecular weight is 521 g/mol. The fourth-order valence-electron chi connectivity index (χ4n) is 5.69. The van der Waals surface area contributed by atoms with E-state index in [1.807, 2.05) is 60.7 Å². The van der Waals surface area contributed by atoms with Crippen LogP contribution in [0.4, 0.5) is 11.6 Å². The fraction of sp³-hybridized carbons (Fsp3) is 0.310. The molecule has 0 unspecified atom stereocenters. The second-order valence-electron chi connectivity index (χ2n) is 10.5. The van der Waals surface area contributed by atoms with Gasteiger partial charge in [-0.2, -0.15) is 10.2 Å². The van der Waals surface area contributed by atoms with Crippen molar-refractivity contribution in [1.29, 1.82) is 0 Å². The Kier molecular flexibility index (Phi) is 6.75. The summed E-state index contributed by atoms with van der Waals surface area (Å²) in [5.74, 6) is 1.35. The predicted molar refractivity (Wildman–Crippen MR) is 144 cm³/mol. The summed E-state index contributed by atoms with van der Waals surface area (Å²) in [5, 5.41) is 22.8. The van der Waals surface area contributed by atoms with Crippen molar-refractivity contribution in [2.45, 2.75) is 50.4 Å². The Balaban J connectivity index is 0.947. The molecule has 2 amide bonds. The molecule has 0 bridgehead atoms. The molecule has 0 atom stereocenters. The van der Waals surface area contributed by atoms with Gasteiger partial charge in [0.05, 0.1) is 24.2 Å². The quantitative estimate of drug-likeness (QED) is 0.358. The summed E-state index contributed by atoms with van der Waals surface area (Å²) in [4.78, 5) is 32.8. The zero-order chi connectivity index (χ0) is 26.7. The molecule has 10 heteroatoms. The third kappa shape index (κ3) is 5.79. The van der Waals surface area contributed by atoms with Gasteiger partial charge in [0.25, 0.3) is 0 Å². The highest BCUT2D eigenvalue weighted by Crippen LogP contribution is 2.66. The third-order valence-corrected chi connectivity index (χ3v) is 7.60. The van der Waals surface area contributed by atoms with Gasteiger partial charge in [0.1, 0.15) is 0 Å². The largest absolute Gasteiger partial charge is 0.309 e. The second kappa shape index (κ2) is 10.6. The van der Waals surface area contributed by atoms with Gasteiger partial charge in [-0.15, -0.1) is 10.2 Å². The number of amides is 2. The van der Waals surface area contributed by atoms with E-state index in [2.05, 4.69) is 41.0 Å². The lowest BCUT2D eigenvalue weighted by atomic mass is 9.47. The van der Waals surface area contributed by atoms with Crippen LogP contribution in [0.25, 0.3) is 0 Å². The molecule has 0 radical (unpaired) electrons. The summed E-state index contributed by atoms with van der Waals surface area (Å²) in [6, 6.07) is 18.6. The normalized spacial score (nSPS) is 21.4. The number of hydrogen-bond acceptors (Lipinski definition) is 8. The molecule has 1 spiro atoms. The number of rotatable bonds is 8. The van der Waals surface area contributed by atoms with E-state index in [9.17, 15) is 9.59 Å². The Morgan fingerprint density at radius 3 is 1.46 bits per heavy atom. The van der Waals surface area contributed by atoms with Crippen molar-refractivity contribution >= 4 is 23.5 Å². The van der Waals surface area contributed by atoms with Crippen molar-refractivity contribution in [3.63, 3.8) is 0 Å². The van der Waals surface area contributed by atoms with Crippen LogP contribution in [0.15, 0.2) is 73.1 Å². The molecule has 4 aromatic heterocycles. The van der Waals surface area contributed by atoms with E-state index in [4.69, 9.17) is 0 Å². The van der Waals surface area contributed by atoms with Gasteiger partial charge >= 0.3 is 0 Å². The predicted octanol–water partition coefficient (Wildman–Crippen LogP) is 3.86. The van der Waals surface area contributed by atoms with Crippen LogP contribution in [0.1, 0.15) is 60.3 Å². The zero-order valence-electron chi connectivity index (χ0n) is 21.3. The highest BCUT2D eigenvalue weighted by atomic mass is 16.2. The topological polar surface area (TPSA) is 136 Å². The van der Waals surface area contributed by atoms with Crippen LogP contribution in [0.3, 0.4) is 0 Å². The third-order valence-electron chi connectivity index (χ3n) is 7.60. The molecule has 2 aliphatic rings. The van der Waals surface area contributed by atoms with Crippen LogP contribution in [0.2, 0.25) is 0 Å². The van der Waals surface area contributed by atoms with E-state index in [-0.39, 0.29) is 24.7 Å². The van der Waals surface area contributed by atoms with Gasteiger partial charge < -0.3 is 10.6 Å². The number of carbonyl (C=O) groups is 2. The molecule has 0 saturated heterocycles. The first-order chi connectivity index (χ1) is 19.0. The van der Waals surface area contributed by atoms with Gasteiger partial charge in [0.15, 0.2) is 11.6 Å². The second-order valence-corrected chi connectivity index (χ2v) is 10.5. The van der Waals surface area contributed by atoms with Gasteiger partial charge in [-0.3, -0.25) is 19.6 Å². The lowest BCUT2D eigenvalue weighted by Crippen LogP contribution is -2.46. The van der Waals surface area contributed by atoms with Gasteiger partial charge in [-0.05, 0) is 79.6 Å². The monoisotopic (exact) mass is 520 g/mol. The van der Waals surface area contributed by atoms with E-state index in [1.54, 1.807) is 12.4 Å². The summed E-state index contributed by atoms with van der Waals surface area (Å²) < 4.78 is 0. The molecule has 4 heterocycles. The van der Waals surface area contributed by atoms with Gasteiger partial charge in [0.2, 0.25) is 11.8 Å². The molecule has 2 aliphatic carbocycles. The van der Waals surface area contributed by atoms with E-state index in [0.717, 1.165) is 37.1 Å². The number of anilines is 2. The minimum atomic E-state index is -0.165. The maximum Gasteiger partial charge on any atom is 0.231 e. The molecule has 0 aliphatic heterocycles. The first-order valence-corrected chi connectivity index (χ1v) is 13.1. The average Bonchev–Trinajstić information content (AvgIpc) is 2.90. The Labute approximate surface area is 225 Å². The first kappa shape index (κ1) is 24.7. The van der Waals surface area contributed by atoms with Crippen LogP contribution in [0, 0.1) is 5.41 Å². The van der Waals surface area contributed by atoms with Crippen molar-refractivity contribution in [3.05, 3.63) is 95.8 Å². The molecule has 2 saturated carbocycles. The molecular weight excluding hydrogens is 492 g/mol. The molecule has 196 valence electrons. The number of nitrogens with one attached hydrogen (secondary N) is 2. The molecule has 2 fully saturated rings. The molecule has 39 heavy (non-hydrogen) atoms. The number of pyridine rings is 2.